The molecule has 0 radical (unpaired) electrons. The molecule has 15 heavy (non-hydrogen) atoms. The smallest absolute Gasteiger partial charge is 0.0797 e. The lowest BCUT2D eigenvalue weighted by atomic mass is 9.77. The maximum atomic E-state index is 5.75. The molecule has 1 heterocycles. The first kappa shape index (κ1) is 12.3. The van der Waals surface area contributed by atoms with Gasteiger partial charge in [0.15, 0.2) is 0 Å². The molecular formula is C14H22O. The van der Waals surface area contributed by atoms with E-state index in [4.69, 9.17) is 4.74 Å². The van der Waals surface area contributed by atoms with E-state index in [1.165, 1.54) is 5.57 Å². The Kier molecular flexibility index (Phi) is 3.92. The van der Waals surface area contributed by atoms with Crippen LogP contribution in [0.3, 0.4) is 0 Å². The van der Waals surface area contributed by atoms with Crippen LogP contribution >= 0.6 is 0 Å². The van der Waals surface area contributed by atoms with Crippen molar-refractivity contribution in [3.63, 3.8) is 0 Å². The van der Waals surface area contributed by atoms with Crippen molar-refractivity contribution in [3.05, 3.63) is 36.5 Å². The fraction of sp³-hybridized carbons (Fsp3) is 0.571. The number of hydrogen-bond donors (Lipinski definition) is 0. The van der Waals surface area contributed by atoms with E-state index in [2.05, 4.69) is 33.1 Å². The summed E-state index contributed by atoms with van der Waals surface area (Å²) in [5, 5.41) is 0. The van der Waals surface area contributed by atoms with Gasteiger partial charge in [-0.25, -0.2) is 0 Å². The van der Waals surface area contributed by atoms with Crippen LogP contribution in [0.25, 0.3) is 0 Å². The molecule has 0 saturated carbocycles. The third-order valence-electron chi connectivity index (χ3n) is 3.01. The number of rotatable bonds is 1. The lowest BCUT2D eigenvalue weighted by molar-refractivity contribution is 0.0883. The van der Waals surface area contributed by atoms with Gasteiger partial charge in [-0.1, -0.05) is 50.3 Å². The highest BCUT2D eigenvalue weighted by Gasteiger charge is 2.27. The van der Waals surface area contributed by atoms with Crippen molar-refractivity contribution in [1.29, 1.82) is 0 Å². The first-order valence-corrected chi connectivity index (χ1v) is 5.55. The van der Waals surface area contributed by atoms with Crippen molar-refractivity contribution >= 4 is 0 Å². The van der Waals surface area contributed by atoms with Crippen LogP contribution in [0, 0.1) is 5.41 Å². The predicted molar refractivity (Wildman–Crippen MR) is 65.8 cm³/mol. The van der Waals surface area contributed by atoms with Gasteiger partial charge in [-0.15, -0.1) is 0 Å². The lowest BCUT2D eigenvalue weighted by Gasteiger charge is -2.33. The van der Waals surface area contributed by atoms with E-state index >= 15 is 0 Å². The Balaban J connectivity index is 2.80. The van der Waals surface area contributed by atoms with E-state index in [9.17, 15) is 0 Å². The summed E-state index contributed by atoms with van der Waals surface area (Å²) in [4.78, 5) is 0. The van der Waals surface area contributed by atoms with Gasteiger partial charge in [0.05, 0.1) is 12.7 Å². The van der Waals surface area contributed by atoms with Crippen molar-refractivity contribution in [1.82, 2.24) is 0 Å². The van der Waals surface area contributed by atoms with Gasteiger partial charge >= 0.3 is 0 Å². The van der Waals surface area contributed by atoms with Gasteiger partial charge < -0.3 is 4.74 Å². The molecule has 1 fully saturated rings. The van der Waals surface area contributed by atoms with Crippen LogP contribution in [0.5, 0.6) is 0 Å². The maximum Gasteiger partial charge on any atom is 0.0797 e. The molecule has 0 spiro atoms. The highest BCUT2D eigenvalue weighted by atomic mass is 16.5. The molecule has 84 valence electrons. The first-order valence-electron chi connectivity index (χ1n) is 5.55. The van der Waals surface area contributed by atoms with E-state index in [1.54, 1.807) is 0 Å². The SMILES string of the molecule is C=C1CO[C@H](/C=C/C)CC(=C)C(C)(C)C1. The molecule has 0 N–H and O–H groups in total. The monoisotopic (exact) mass is 206 g/mol. The topological polar surface area (TPSA) is 9.23 Å². The van der Waals surface area contributed by atoms with Crippen molar-refractivity contribution in [2.75, 3.05) is 6.61 Å². The average Bonchev–Trinajstić information content (AvgIpc) is 2.12. The molecule has 1 saturated heterocycles. The van der Waals surface area contributed by atoms with E-state index in [0.717, 1.165) is 18.4 Å². The zero-order valence-corrected chi connectivity index (χ0v) is 10.2. The Morgan fingerprint density at radius 1 is 1.40 bits per heavy atom. The van der Waals surface area contributed by atoms with Crippen LogP contribution in [0.4, 0.5) is 0 Å². The standard InChI is InChI=1S/C14H22O/c1-6-7-13-8-12(3)14(4,5)9-11(2)10-15-13/h6-7,13H,2-3,8-10H2,1,4-5H3/b7-6+/t13-/m1/s1. The summed E-state index contributed by atoms with van der Waals surface area (Å²) in [5.74, 6) is 0. The molecule has 0 aromatic heterocycles. The first-order chi connectivity index (χ1) is 6.95. The molecule has 0 bridgehead atoms. The molecule has 1 nitrogen and oxygen atoms in total. The molecular weight excluding hydrogens is 184 g/mol. The van der Waals surface area contributed by atoms with E-state index < -0.39 is 0 Å². The van der Waals surface area contributed by atoms with E-state index in [-0.39, 0.29) is 11.5 Å². The Labute approximate surface area is 93.5 Å². The molecule has 1 atom stereocenters. The minimum absolute atomic E-state index is 0.153. The second-order valence-corrected chi connectivity index (χ2v) is 4.99. The maximum absolute atomic E-state index is 5.75. The van der Waals surface area contributed by atoms with Crippen molar-refractivity contribution < 1.29 is 4.74 Å². The van der Waals surface area contributed by atoms with Crippen molar-refractivity contribution in [2.24, 2.45) is 5.41 Å². The normalized spacial score (nSPS) is 27.8. The molecule has 1 aliphatic heterocycles. The second-order valence-electron chi connectivity index (χ2n) is 4.99. The van der Waals surface area contributed by atoms with Crippen LogP contribution in [0.1, 0.15) is 33.6 Å². The highest BCUT2D eigenvalue weighted by Crippen LogP contribution is 2.37. The summed E-state index contributed by atoms with van der Waals surface area (Å²) in [6.45, 7) is 15.4. The molecule has 0 unspecified atom stereocenters. The van der Waals surface area contributed by atoms with Crippen molar-refractivity contribution in [2.45, 2.75) is 39.7 Å². The summed E-state index contributed by atoms with van der Waals surface area (Å²) in [7, 11) is 0. The summed E-state index contributed by atoms with van der Waals surface area (Å²) in [6.07, 6.45) is 6.20. The molecule has 0 aromatic carbocycles. The largest absolute Gasteiger partial charge is 0.369 e. The zero-order chi connectivity index (χ0) is 11.5. The zero-order valence-electron chi connectivity index (χ0n) is 10.2. The van der Waals surface area contributed by atoms with Crippen LogP contribution in [0.15, 0.2) is 36.5 Å². The van der Waals surface area contributed by atoms with Crippen LogP contribution in [-0.4, -0.2) is 12.7 Å². The molecule has 0 amide bonds. The fourth-order valence-electron chi connectivity index (χ4n) is 1.94. The number of allylic oxidation sites excluding steroid dienone is 1. The van der Waals surface area contributed by atoms with Gasteiger partial charge in [-0.05, 0) is 25.2 Å². The Morgan fingerprint density at radius 2 is 2.07 bits per heavy atom. The minimum atomic E-state index is 0.153. The molecule has 0 aromatic rings. The Hall–Kier alpha value is -0.820. The Bertz CT molecular complexity index is 284. The number of hydrogen-bond acceptors (Lipinski definition) is 1. The summed E-state index contributed by atoms with van der Waals surface area (Å²) >= 11 is 0. The molecule has 0 aliphatic carbocycles. The van der Waals surface area contributed by atoms with E-state index in [1.807, 2.05) is 13.0 Å². The van der Waals surface area contributed by atoms with E-state index in [0.29, 0.717) is 6.61 Å². The third-order valence-corrected chi connectivity index (χ3v) is 3.01. The van der Waals surface area contributed by atoms with Gasteiger partial charge in [-0.2, -0.15) is 0 Å². The third kappa shape index (κ3) is 3.35. The van der Waals surface area contributed by atoms with Gasteiger partial charge in [-0.3, -0.25) is 0 Å². The van der Waals surface area contributed by atoms with Crippen molar-refractivity contribution in [3.8, 4) is 0 Å². The lowest BCUT2D eigenvalue weighted by Crippen LogP contribution is -2.25. The van der Waals surface area contributed by atoms with Gasteiger partial charge in [0.1, 0.15) is 0 Å². The summed E-state index contributed by atoms with van der Waals surface area (Å²) in [6, 6.07) is 0. The quantitative estimate of drug-likeness (QED) is 0.592. The van der Waals surface area contributed by atoms with Gasteiger partial charge in [0, 0.05) is 0 Å². The second kappa shape index (κ2) is 4.80. The minimum Gasteiger partial charge on any atom is -0.369 e. The average molecular weight is 206 g/mol. The molecule has 1 rings (SSSR count). The van der Waals surface area contributed by atoms with Crippen LogP contribution in [0.2, 0.25) is 0 Å². The Morgan fingerprint density at radius 3 is 2.67 bits per heavy atom. The summed E-state index contributed by atoms with van der Waals surface area (Å²) in [5.41, 5.74) is 2.57. The number of ether oxygens (including phenoxy) is 1. The molecule has 1 heteroatoms. The van der Waals surface area contributed by atoms with Gasteiger partial charge in [0.25, 0.3) is 0 Å². The molecule has 1 aliphatic rings. The van der Waals surface area contributed by atoms with Crippen LogP contribution < -0.4 is 0 Å². The van der Waals surface area contributed by atoms with Gasteiger partial charge in [0.2, 0.25) is 0 Å². The highest BCUT2D eigenvalue weighted by molar-refractivity contribution is 5.17. The fourth-order valence-corrected chi connectivity index (χ4v) is 1.94. The van der Waals surface area contributed by atoms with Crippen LogP contribution in [-0.2, 0) is 4.74 Å². The predicted octanol–water partition coefficient (Wildman–Crippen LogP) is 3.88. The summed E-state index contributed by atoms with van der Waals surface area (Å²) < 4.78 is 5.75.